The molecule has 1 aliphatic rings. The highest BCUT2D eigenvalue weighted by molar-refractivity contribution is 5.19. The minimum Gasteiger partial charge on any atom is -0.314 e. The van der Waals surface area contributed by atoms with Crippen LogP contribution in [0.5, 0.6) is 0 Å². The lowest BCUT2D eigenvalue weighted by atomic mass is 9.92. The Morgan fingerprint density at radius 1 is 1.35 bits per heavy atom. The molecular formula is C14H19F2N. The molecule has 0 radical (unpaired) electrons. The van der Waals surface area contributed by atoms with Gasteiger partial charge in [-0.1, -0.05) is 19.4 Å². The highest BCUT2D eigenvalue weighted by Crippen LogP contribution is 2.19. The normalized spacial score (nSPS) is 17.8. The number of halogens is 2. The number of rotatable bonds is 5. The molecule has 0 aromatic heterocycles. The fourth-order valence-electron chi connectivity index (χ4n) is 2.12. The van der Waals surface area contributed by atoms with Crippen molar-refractivity contribution in [2.75, 3.05) is 6.54 Å². The maximum atomic E-state index is 13.4. The predicted molar refractivity (Wildman–Crippen MR) is 64.9 cm³/mol. The first-order valence-electron chi connectivity index (χ1n) is 6.32. The molecule has 0 bridgehead atoms. The van der Waals surface area contributed by atoms with Gasteiger partial charge in [-0.15, -0.1) is 0 Å². The second kappa shape index (κ2) is 5.58. The minimum atomic E-state index is -0.508. The van der Waals surface area contributed by atoms with Gasteiger partial charge in [0.1, 0.15) is 11.6 Å². The van der Waals surface area contributed by atoms with Crippen molar-refractivity contribution in [1.29, 1.82) is 0 Å². The van der Waals surface area contributed by atoms with E-state index >= 15 is 0 Å². The van der Waals surface area contributed by atoms with Crippen molar-refractivity contribution in [3.63, 3.8) is 0 Å². The van der Waals surface area contributed by atoms with Crippen LogP contribution >= 0.6 is 0 Å². The van der Waals surface area contributed by atoms with Crippen LogP contribution in [0, 0.1) is 17.6 Å². The van der Waals surface area contributed by atoms with Crippen LogP contribution in [0.4, 0.5) is 8.78 Å². The molecule has 17 heavy (non-hydrogen) atoms. The molecule has 0 heterocycles. The van der Waals surface area contributed by atoms with E-state index in [0.717, 1.165) is 12.6 Å². The monoisotopic (exact) mass is 239 g/mol. The maximum absolute atomic E-state index is 13.4. The molecule has 1 unspecified atom stereocenters. The molecule has 1 saturated carbocycles. The number of hydrogen-bond acceptors (Lipinski definition) is 1. The molecule has 1 aliphatic carbocycles. The Morgan fingerprint density at radius 3 is 2.71 bits per heavy atom. The van der Waals surface area contributed by atoms with Crippen LogP contribution in [0.2, 0.25) is 0 Å². The smallest absolute Gasteiger partial charge is 0.129 e. The van der Waals surface area contributed by atoms with Crippen LogP contribution in [0.15, 0.2) is 18.2 Å². The summed E-state index contributed by atoms with van der Waals surface area (Å²) in [6.07, 6.45) is 4.50. The van der Waals surface area contributed by atoms with Gasteiger partial charge in [-0.05, 0) is 43.4 Å². The highest BCUT2D eigenvalue weighted by Gasteiger charge is 2.17. The fraction of sp³-hybridized carbons (Fsp3) is 0.571. The van der Waals surface area contributed by atoms with Crippen LogP contribution < -0.4 is 5.32 Å². The molecule has 1 N–H and O–H groups in total. The SMILES string of the molecule is CC(CNC1CCC1)Cc1ccc(F)cc1F. The quantitative estimate of drug-likeness (QED) is 0.831. The van der Waals surface area contributed by atoms with Crippen molar-refractivity contribution in [3.8, 4) is 0 Å². The molecule has 0 amide bonds. The van der Waals surface area contributed by atoms with E-state index in [4.69, 9.17) is 0 Å². The summed E-state index contributed by atoms with van der Waals surface area (Å²) in [6.45, 7) is 3.00. The molecule has 1 atom stereocenters. The van der Waals surface area contributed by atoms with E-state index < -0.39 is 11.6 Å². The molecule has 0 aliphatic heterocycles. The van der Waals surface area contributed by atoms with Crippen molar-refractivity contribution < 1.29 is 8.78 Å². The Morgan fingerprint density at radius 2 is 2.12 bits per heavy atom. The minimum absolute atomic E-state index is 0.371. The van der Waals surface area contributed by atoms with Gasteiger partial charge in [0.15, 0.2) is 0 Å². The Bertz CT molecular complexity index is 374. The van der Waals surface area contributed by atoms with Gasteiger partial charge in [0.05, 0.1) is 0 Å². The van der Waals surface area contributed by atoms with E-state index in [-0.39, 0.29) is 0 Å². The lowest BCUT2D eigenvalue weighted by Crippen LogP contribution is -2.38. The third kappa shape index (κ3) is 3.50. The van der Waals surface area contributed by atoms with E-state index in [1.54, 1.807) is 6.07 Å². The van der Waals surface area contributed by atoms with E-state index in [9.17, 15) is 8.78 Å². The summed E-state index contributed by atoms with van der Waals surface area (Å²) >= 11 is 0. The van der Waals surface area contributed by atoms with Crippen molar-refractivity contribution in [1.82, 2.24) is 5.32 Å². The van der Waals surface area contributed by atoms with Crippen LogP contribution in [0.25, 0.3) is 0 Å². The zero-order valence-corrected chi connectivity index (χ0v) is 10.2. The third-order valence-electron chi connectivity index (χ3n) is 3.44. The van der Waals surface area contributed by atoms with Gasteiger partial charge in [-0.2, -0.15) is 0 Å². The van der Waals surface area contributed by atoms with Gasteiger partial charge >= 0.3 is 0 Å². The van der Waals surface area contributed by atoms with E-state index in [2.05, 4.69) is 12.2 Å². The molecule has 2 rings (SSSR count). The van der Waals surface area contributed by atoms with E-state index in [0.29, 0.717) is 23.9 Å². The van der Waals surface area contributed by atoms with Crippen molar-refractivity contribution in [2.24, 2.45) is 5.92 Å². The standard InChI is InChI=1S/C14H19F2N/c1-10(9-17-13-3-2-4-13)7-11-5-6-12(15)8-14(11)16/h5-6,8,10,13,17H,2-4,7,9H2,1H3. The summed E-state index contributed by atoms with van der Waals surface area (Å²) in [4.78, 5) is 0. The lowest BCUT2D eigenvalue weighted by Gasteiger charge is -2.28. The van der Waals surface area contributed by atoms with E-state index in [1.165, 1.54) is 25.3 Å². The van der Waals surface area contributed by atoms with Crippen molar-refractivity contribution in [2.45, 2.75) is 38.6 Å². The second-order valence-corrected chi connectivity index (χ2v) is 5.08. The molecule has 0 spiro atoms. The van der Waals surface area contributed by atoms with Crippen LogP contribution in [0.3, 0.4) is 0 Å². The highest BCUT2D eigenvalue weighted by atomic mass is 19.1. The summed E-state index contributed by atoms with van der Waals surface area (Å²) in [6, 6.07) is 4.49. The first-order valence-corrected chi connectivity index (χ1v) is 6.32. The molecular weight excluding hydrogens is 220 g/mol. The number of hydrogen-bond donors (Lipinski definition) is 1. The Kier molecular flexibility index (Phi) is 4.11. The third-order valence-corrected chi connectivity index (χ3v) is 3.44. The summed E-state index contributed by atoms with van der Waals surface area (Å²) in [5.41, 5.74) is 0.606. The van der Waals surface area contributed by atoms with Gasteiger partial charge in [0.2, 0.25) is 0 Å². The average molecular weight is 239 g/mol. The zero-order chi connectivity index (χ0) is 12.3. The molecule has 1 nitrogen and oxygen atoms in total. The van der Waals surface area contributed by atoms with Gasteiger partial charge < -0.3 is 5.32 Å². The first-order chi connectivity index (χ1) is 8.15. The van der Waals surface area contributed by atoms with Gasteiger partial charge in [-0.3, -0.25) is 0 Å². The average Bonchev–Trinajstić information content (AvgIpc) is 2.20. The van der Waals surface area contributed by atoms with Crippen LogP contribution in [-0.4, -0.2) is 12.6 Å². The zero-order valence-electron chi connectivity index (χ0n) is 10.2. The first kappa shape index (κ1) is 12.5. The maximum Gasteiger partial charge on any atom is 0.129 e. The molecule has 3 heteroatoms. The van der Waals surface area contributed by atoms with Gasteiger partial charge in [0, 0.05) is 12.1 Å². The molecule has 1 aromatic carbocycles. The molecule has 94 valence electrons. The van der Waals surface area contributed by atoms with Gasteiger partial charge in [-0.25, -0.2) is 8.78 Å². The number of benzene rings is 1. The Balaban J connectivity index is 1.81. The van der Waals surface area contributed by atoms with Crippen molar-refractivity contribution in [3.05, 3.63) is 35.4 Å². The topological polar surface area (TPSA) is 12.0 Å². The fourth-order valence-corrected chi connectivity index (χ4v) is 2.12. The largest absolute Gasteiger partial charge is 0.314 e. The Hall–Kier alpha value is -0.960. The predicted octanol–water partition coefficient (Wildman–Crippen LogP) is 3.29. The molecule has 0 saturated heterocycles. The summed E-state index contributed by atoms with van der Waals surface area (Å²) in [7, 11) is 0. The summed E-state index contributed by atoms with van der Waals surface area (Å²) in [5.74, 6) is -0.567. The summed E-state index contributed by atoms with van der Waals surface area (Å²) < 4.78 is 26.2. The van der Waals surface area contributed by atoms with E-state index in [1.807, 2.05) is 0 Å². The second-order valence-electron chi connectivity index (χ2n) is 5.08. The molecule has 1 fully saturated rings. The molecule has 1 aromatic rings. The lowest BCUT2D eigenvalue weighted by molar-refractivity contribution is 0.320. The van der Waals surface area contributed by atoms with Crippen molar-refractivity contribution >= 4 is 0 Å². The Labute approximate surface area is 101 Å². The number of nitrogens with one attached hydrogen (secondary N) is 1. The van der Waals surface area contributed by atoms with Crippen LogP contribution in [0.1, 0.15) is 31.7 Å². The van der Waals surface area contributed by atoms with Crippen LogP contribution in [-0.2, 0) is 6.42 Å². The van der Waals surface area contributed by atoms with Gasteiger partial charge in [0.25, 0.3) is 0 Å². The summed E-state index contributed by atoms with van der Waals surface area (Å²) in [5, 5.41) is 3.47.